The molecule has 0 aliphatic heterocycles. The van der Waals surface area contributed by atoms with E-state index in [1.807, 2.05) is 0 Å². The molecule has 0 atom stereocenters. The van der Waals surface area contributed by atoms with E-state index in [0.29, 0.717) is 4.77 Å². The minimum absolute atomic E-state index is 0. The van der Waals surface area contributed by atoms with Gasteiger partial charge in [0.25, 0.3) is 0 Å². The molecule has 0 spiro atoms. The summed E-state index contributed by atoms with van der Waals surface area (Å²) in [5.74, 6) is 0. The smallest absolute Gasteiger partial charge is 0.213 e. The molecule has 34 valence electrons. The van der Waals surface area contributed by atoms with Gasteiger partial charge in [0.15, 0.2) is 0 Å². The number of H-pyrrole nitrogens is 2. The van der Waals surface area contributed by atoms with Crippen molar-refractivity contribution in [2.45, 2.75) is 0 Å². The van der Waals surface area contributed by atoms with E-state index in [2.05, 4.69) is 27.4 Å². The molecule has 3 nitrogen and oxygen atoms in total. The van der Waals surface area contributed by atoms with Crippen LogP contribution in [0.3, 0.4) is 0 Å². The van der Waals surface area contributed by atoms with Gasteiger partial charge in [-0.2, -0.15) is 0 Å². The Morgan fingerprint density at radius 1 is 1.50 bits per heavy atom. The molecule has 0 saturated heterocycles. The summed E-state index contributed by atoms with van der Waals surface area (Å²) in [6.45, 7) is 0. The molecule has 2 radical (unpaired) electrons. The topological polar surface area (TPSA) is 44.5 Å². The molecule has 0 fully saturated rings. The molecule has 0 aromatic carbocycles. The Balaban J connectivity index is 0. The van der Waals surface area contributed by atoms with Crippen molar-refractivity contribution in [2.75, 3.05) is 0 Å². The zero-order valence-corrected chi connectivity index (χ0v) is 9.75. The summed E-state index contributed by atoms with van der Waals surface area (Å²) in [5, 5.41) is 5.17. The van der Waals surface area contributed by atoms with Gasteiger partial charge in [0.05, 0.1) is 0 Å². The van der Waals surface area contributed by atoms with E-state index in [1.54, 1.807) is 0 Å². The normalized spacial score (nSPS) is 6.50. The molecule has 8 heavy (non-hydrogen) atoms. The Hall–Kier alpha value is 1.36. The molecular weight excluding hydrogens is 144 g/mol. The summed E-state index contributed by atoms with van der Waals surface area (Å²) in [4.78, 5) is 3.62. The van der Waals surface area contributed by atoms with Crippen molar-refractivity contribution in [1.29, 1.82) is 0 Å². The second-order valence-electron chi connectivity index (χ2n) is 0.833. The largest absolute Gasteiger partial charge is 0.288 e. The van der Waals surface area contributed by atoms with Crippen LogP contribution in [0, 0.1) is 4.77 Å². The number of aromatic nitrogens is 3. The number of hydrogen-bond donors (Lipinski definition) is 2. The van der Waals surface area contributed by atoms with E-state index >= 15 is 0 Å². The van der Waals surface area contributed by atoms with E-state index in [4.69, 9.17) is 0 Å². The van der Waals surface area contributed by atoms with E-state index < -0.39 is 0 Å². The van der Waals surface area contributed by atoms with Crippen molar-refractivity contribution >= 4 is 71.3 Å². The molecule has 1 aromatic heterocycles. The molecule has 1 rings (SSSR count). The van der Waals surface area contributed by atoms with E-state index in [0.717, 1.165) is 0 Å². The predicted molar refractivity (Wildman–Crippen MR) is 35.3 cm³/mol. The SMILES string of the molecule is S=c1nc[nH][nH]1.[Na].[Na]. The van der Waals surface area contributed by atoms with Crippen LogP contribution >= 0.6 is 12.2 Å². The minimum atomic E-state index is 0. The first-order chi connectivity index (χ1) is 2.89. The van der Waals surface area contributed by atoms with Crippen LogP contribution in [0.15, 0.2) is 6.33 Å². The van der Waals surface area contributed by atoms with Crippen molar-refractivity contribution in [3.63, 3.8) is 0 Å². The van der Waals surface area contributed by atoms with E-state index in [1.165, 1.54) is 6.33 Å². The third-order valence-corrected chi connectivity index (χ3v) is 0.633. The fourth-order valence-electron chi connectivity index (χ4n) is 0.217. The summed E-state index contributed by atoms with van der Waals surface area (Å²) < 4.78 is 0.495. The van der Waals surface area contributed by atoms with E-state index in [-0.39, 0.29) is 59.1 Å². The van der Waals surface area contributed by atoms with Gasteiger partial charge in [0, 0.05) is 59.1 Å². The maximum absolute atomic E-state index is 4.55. The van der Waals surface area contributed by atoms with Crippen LogP contribution in [-0.2, 0) is 0 Å². The molecule has 0 saturated carbocycles. The third kappa shape index (κ3) is 4.26. The Morgan fingerprint density at radius 2 is 2.12 bits per heavy atom. The second kappa shape index (κ2) is 6.48. The van der Waals surface area contributed by atoms with Crippen LogP contribution in [0.5, 0.6) is 0 Å². The molecule has 1 heterocycles. The summed E-state index contributed by atoms with van der Waals surface area (Å²) >= 11 is 4.55. The van der Waals surface area contributed by atoms with Gasteiger partial charge in [0.1, 0.15) is 6.33 Å². The molecular formula is C2H3N3Na2S. The molecule has 2 N–H and O–H groups in total. The maximum atomic E-state index is 4.55. The third-order valence-electron chi connectivity index (χ3n) is 0.425. The Bertz CT molecular complexity index is 153. The molecule has 0 bridgehead atoms. The van der Waals surface area contributed by atoms with Crippen LogP contribution < -0.4 is 0 Å². The second-order valence-corrected chi connectivity index (χ2v) is 1.22. The number of hydrogen-bond acceptors (Lipinski definition) is 2. The van der Waals surface area contributed by atoms with Crippen molar-refractivity contribution in [3.8, 4) is 0 Å². The predicted octanol–water partition coefficient (Wildman–Crippen LogP) is -0.294. The van der Waals surface area contributed by atoms with Gasteiger partial charge in [-0.3, -0.25) is 10.2 Å². The van der Waals surface area contributed by atoms with Crippen LogP contribution in [-0.4, -0.2) is 74.3 Å². The standard InChI is InChI=1S/C2H3N3S.2Na/c6-2-3-1-4-5-2;;/h1H,(H2,3,4,5,6);;. The molecule has 0 unspecified atom stereocenters. The Labute approximate surface area is 96.2 Å². The fourth-order valence-corrected chi connectivity index (χ4v) is 0.329. The zero-order valence-electron chi connectivity index (χ0n) is 4.93. The fraction of sp³-hybridized carbons (Fsp3) is 0. The van der Waals surface area contributed by atoms with Gasteiger partial charge in [-0.05, 0) is 12.2 Å². The van der Waals surface area contributed by atoms with Crippen LogP contribution in [0.2, 0.25) is 0 Å². The number of rotatable bonds is 0. The van der Waals surface area contributed by atoms with Crippen molar-refractivity contribution in [2.24, 2.45) is 0 Å². The van der Waals surface area contributed by atoms with Gasteiger partial charge in [-0.1, -0.05) is 0 Å². The van der Waals surface area contributed by atoms with Crippen LogP contribution in [0.25, 0.3) is 0 Å². The van der Waals surface area contributed by atoms with Gasteiger partial charge in [0.2, 0.25) is 4.77 Å². The minimum Gasteiger partial charge on any atom is -0.288 e. The van der Waals surface area contributed by atoms with Crippen molar-refractivity contribution in [3.05, 3.63) is 11.1 Å². The molecule has 0 aliphatic carbocycles. The van der Waals surface area contributed by atoms with Crippen molar-refractivity contribution in [1.82, 2.24) is 15.2 Å². The average molecular weight is 147 g/mol. The van der Waals surface area contributed by atoms with Gasteiger partial charge >= 0.3 is 0 Å². The Kier molecular flexibility index (Phi) is 9.78. The average Bonchev–Trinajstić information content (AvgIpc) is 1.86. The molecule has 0 aliphatic rings. The number of aromatic amines is 2. The van der Waals surface area contributed by atoms with Crippen molar-refractivity contribution < 1.29 is 0 Å². The first-order valence-corrected chi connectivity index (χ1v) is 1.88. The first-order valence-electron chi connectivity index (χ1n) is 1.47. The molecule has 6 heteroatoms. The Morgan fingerprint density at radius 3 is 2.25 bits per heavy atom. The first kappa shape index (κ1) is 12.1. The summed E-state index contributed by atoms with van der Waals surface area (Å²) in [6, 6.07) is 0. The van der Waals surface area contributed by atoms with E-state index in [9.17, 15) is 0 Å². The number of nitrogens with zero attached hydrogens (tertiary/aromatic N) is 1. The van der Waals surface area contributed by atoms with Crippen LogP contribution in [0.1, 0.15) is 0 Å². The van der Waals surface area contributed by atoms with Crippen LogP contribution in [0.4, 0.5) is 0 Å². The monoisotopic (exact) mass is 147 g/mol. The summed E-state index contributed by atoms with van der Waals surface area (Å²) in [5.41, 5.74) is 0. The quantitative estimate of drug-likeness (QED) is 0.391. The maximum Gasteiger partial charge on any atom is 0.213 e. The molecule has 1 aromatic rings. The summed E-state index contributed by atoms with van der Waals surface area (Å²) in [6.07, 6.45) is 1.50. The van der Waals surface area contributed by atoms with Gasteiger partial charge < -0.3 is 0 Å². The van der Waals surface area contributed by atoms with Gasteiger partial charge in [-0.25, -0.2) is 4.98 Å². The summed E-state index contributed by atoms with van der Waals surface area (Å²) in [7, 11) is 0. The van der Waals surface area contributed by atoms with Gasteiger partial charge in [-0.15, -0.1) is 0 Å². The molecule has 0 amide bonds. The number of nitrogens with one attached hydrogen (secondary N) is 2. The zero-order chi connectivity index (χ0) is 4.41.